The molecule has 4 aromatic rings. The van der Waals surface area contributed by atoms with Crippen LogP contribution in [0.5, 0.6) is 11.5 Å². The Morgan fingerprint density at radius 2 is 1.35 bits per heavy atom. The molecule has 2 aromatic carbocycles. The van der Waals surface area contributed by atoms with E-state index in [1.54, 1.807) is 47.8 Å². The van der Waals surface area contributed by atoms with E-state index in [1.165, 1.54) is 37.4 Å². The van der Waals surface area contributed by atoms with Gasteiger partial charge in [-0.2, -0.15) is 0 Å². The second-order valence-electron chi connectivity index (χ2n) is 14.0. The Labute approximate surface area is 324 Å². The lowest BCUT2D eigenvalue weighted by Crippen LogP contribution is -2.62. The van der Waals surface area contributed by atoms with Crippen LogP contribution in [0.3, 0.4) is 0 Å². The van der Waals surface area contributed by atoms with Crippen LogP contribution in [0.2, 0.25) is 0 Å². The minimum absolute atomic E-state index is 0.0331. The minimum atomic E-state index is -1.38. The number of nitrogens with zero attached hydrogens (tertiary/aromatic N) is 3. The van der Waals surface area contributed by atoms with Crippen LogP contribution < -0.4 is 10.5 Å². The molecule has 0 saturated carbocycles. The maximum atomic E-state index is 15.3. The lowest BCUT2D eigenvalue weighted by molar-refractivity contribution is -0.146. The number of ketones is 2. The number of likely N-dealkylation sites (tertiary alicyclic amines) is 2. The van der Waals surface area contributed by atoms with Gasteiger partial charge in [0.1, 0.15) is 48.9 Å². The van der Waals surface area contributed by atoms with Crippen molar-refractivity contribution in [1.82, 2.24) is 14.7 Å². The number of carbonyl (C=O) groups excluding carboxylic acids is 6. The first-order valence-electron chi connectivity index (χ1n) is 18.1. The van der Waals surface area contributed by atoms with Crippen molar-refractivity contribution in [2.45, 2.75) is 62.1 Å². The number of thiophene rings is 2. The summed E-state index contributed by atoms with van der Waals surface area (Å²) in [6.07, 6.45) is -0.208. The van der Waals surface area contributed by atoms with Gasteiger partial charge in [0, 0.05) is 41.2 Å². The summed E-state index contributed by atoms with van der Waals surface area (Å²) in [6, 6.07) is 16.5. The van der Waals surface area contributed by atoms with Gasteiger partial charge in [-0.3, -0.25) is 28.8 Å². The Morgan fingerprint density at radius 1 is 0.745 bits per heavy atom. The zero-order chi connectivity index (χ0) is 38.2. The standard InChI is InChI=1S/C40H38N4O9S2/c41-37(47)27-14-18-55-34(27)20-29(40(50)43-16-13-33-36(43)31(46)22-52-33)44(38(48)23-8-10-25(11-9-23)53-24-5-2-1-3-6-24)28(19-26-7-4-17-54-26)39(49)42-15-12-32-35(42)30(45)21-51-32/h1-11,14,17-18,28-29,32-33,35-36H,12-13,15-16,19-22H2,(H2,41,47). The third kappa shape index (κ3) is 7.20. The molecule has 15 heteroatoms. The molecule has 2 N–H and O–H groups in total. The van der Waals surface area contributed by atoms with E-state index in [4.69, 9.17) is 19.9 Å². The summed E-state index contributed by atoms with van der Waals surface area (Å²) >= 11 is 2.60. The second-order valence-corrected chi connectivity index (χ2v) is 16.0. The van der Waals surface area contributed by atoms with Crippen LogP contribution in [0, 0.1) is 0 Å². The number of hydrogen-bond acceptors (Lipinski definition) is 11. The average molecular weight is 783 g/mol. The summed E-state index contributed by atoms with van der Waals surface area (Å²) in [7, 11) is 0. The molecule has 0 aliphatic carbocycles. The lowest BCUT2D eigenvalue weighted by atomic mass is 9.98. The molecule has 4 aliphatic rings. The van der Waals surface area contributed by atoms with Crippen LogP contribution in [-0.2, 0) is 41.5 Å². The van der Waals surface area contributed by atoms with E-state index in [-0.39, 0.29) is 61.8 Å². The molecule has 0 bridgehead atoms. The molecular formula is C40H38N4O9S2. The predicted octanol–water partition coefficient (Wildman–Crippen LogP) is 3.50. The average Bonchev–Trinajstić information content (AvgIpc) is 4.05. The Morgan fingerprint density at radius 3 is 1.93 bits per heavy atom. The van der Waals surface area contributed by atoms with Crippen LogP contribution >= 0.6 is 22.7 Å². The molecule has 6 unspecified atom stereocenters. The molecule has 0 radical (unpaired) electrons. The fourth-order valence-corrected chi connectivity index (χ4v) is 9.79. The molecule has 55 heavy (non-hydrogen) atoms. The van der Waals surface area contributed by atoms with Gasteiger partial charge < -0.3 is 34.6 Å². The van der Waals surface area contributed by atoms with E-state index >= 15 is 14.4 Å². The second kappa shape index (κ2) is 15.5. The fourth-order valence-electron chi connectivity index (χ4n) is 8.13. The van der Waals surface area contributed by atoms with E-state index < -0.39 is 60.0 Å². The van der Waals surface area contributed by atoms with Crippen molar-refractivity contribution in [2.75, 3.05) is 26.3 Å². The van der Waals surface area contributed by atoms with Gasteiger partial charge in [-0.15, -0.1) is 22.7 Å². The van der Waals surface area contributed by atoms with Crippen LogP contribution in [-0.4, -0.2) is 113 Å². The van der Waals surface area contributed by atoms with Crippen molar-refractivity contribution >= 4 is 57.9 Å². The molecule has 4 amide bonds. The number of para-hydroxylation sites is 1. The highest BCUT2D eigenvalue weighted by Gasteiger charge is 2.53. The van der Waals surface area contributed by atoms with Crippen LogP contribution in [0.4, 0.5) is 0 Å². The van der Waals surface area contributed by atoms with E-state index in [1.807, 2.05) is 35.7 Å². The number of nitrogens with two attached hydrogens (primary N) is 1. The minimum Gasteiger partial charge on any atom is -0.457 e. The predicted molar refractivity (Wildman–Crippen MR) is 201 cm³/mol. The first-order valence-corrected chi connectivity index (χ1v) is 19.9. The van der Waals surface area contributed by atoms with Gasteiger partial charge in [-0.05, 0) is 72.1 Å². The van der Waals surface area contributed by atoms with E-state index in [0.717, 1.165) is 4.88 Å². The quantitative estimate of drug-likeness (QED) is 0.227. The SMILES string of the molecule is NC(=O)c1ccsc1CC(C(=O)N1CCC2OCC(=O)C21)N(C(=O)c1ccc(Oc2ccccc2)cc1)C(Cc1cccs1)C(=O)N1CCC2OCC(=O)C21. The largest absolute Gasteiger partial charge is 0.457 e. The number of amides is 4. The molecule has 2 aromatic heterocycles. The number of carbonyl (C=O) groups is 6. The lowest BCUT2D eigenvalue weighted by Gasteiger charge is -2.40. The highest BCUT2D eigenvalue weighted by Crippen LogP contribution is 2.34. The van der Waals surface area contributed by atoms with Gasteiger partial charge in [-0.25, -0.2) is 0 Å². The van der Waals surface area contributed by atoms with Crippen molar-refractivity contribution in [3.05, 3.63) is 104 Å². The molecule has 8 rings (SSSR count). The first-order chi connectivity index (χ1) is 26.7. The number of hydrogen-bond donors (Lipinski definition) is 1. The van der Waals surface area contributed by atoms with Gasteiger partial charge in [0.15, 0.2) is 11.6 Å². The number of ether oxygens (including phenoxy) is 3. The number of fused-ring (bicyclic) bond motifs is 2. The Balaban J connectivity index is 1.25. The van der Waals surface area contributed by atoms with E-state index in [0.29, 0.717) is 29.2 Å². The third-order valence-electron chi connectivity index (χ3n) is 10.7. The Hall–Kier alpha value is -5.22. The summed E-state index contributed by atoms with van der Waals surface area (Å²) in [5.74, 6) is -1.81. The molecule has 4 fully saturated rings. The van der Waals surface area contributed by atoms with Crippen LogP contribution in [0.15, 0.2) is 83.6 Å². The number of rotatable bonds is 12. The number of Topliss-reactive ketones (excluding diaryl/α,β-unsaturated/α-hetero) is 2. The molecule has 13 nitrogen and oxygen atoms in total. The Bertz CT molecular complexity index is 2110. The van der Waals surface area contributed by atoms with Gasteiger partial charge in [0.25, 0.3) is 5.91 Å². The Kier molecular flexibility index (Phi) is 10.3. The van der Waals surface area contributed by atoms with Crippen molar-refractivity contribution in [2.24, 2.45) is 5.73 Å². The van der Waals surface area contributed by atoms with Crippen molar-refractivity contribution in [1.29, 1.82) is 0 Å². The first kappa shape index (κ1) is 36.7. The molecule has 6 atom stereocenters. The normalized spacial score (nSPS) is 22.7. The molecular weight excluding hydrogens is 745 g/mol. The molecule has 6 heterocycles. The van der Waals surface area contributed by atoms with E-state index in [9.17, 15) is 14.4 Å². The van der Waals surface area contributed by atoms with Crippen molar-refractivity contribution < 1.29 is 43.0 Å². The molecule has 4 aliphatic heterocycles. The molecule has 0 spiro atoms. The number of primary amides is 1. The van der Waals surface area contributed by atoms with Crippen LogP contribution in [0.25, 0.3) is 0 Å². The van der Waals surface area contributed by atoms with E-state index in [2.05, 4.69) is 0 Å². The zero-order valence-electron chi connectivity index (χ0n) is 29.6. The highest BCUT2D eigenvalue weighted by molar-refractivity contribution is 7.10. The summed E-state index contributed by atoms with van der Waals surface area (Å²) < 4.78 is 17.4. The monoisotopic (exact) mass is 782 g/mol. The topological polar surface area (TPSA) is 166 Å². The molecule has 4 saturated heterocycles. The highest BCUT2D eigenvalue weighted by atomic mass is 32.1. The van der Waals surface area contributed by atoms with Crippen molar-refractivity contribution in [3.8, 4) is 11.5 Å². The summed E-state index contributed by atoms with van der Waals surface area (Å²) in [6.45, 7) is 0.180. The third-order valence-corrected chi connectivity index (χ3v) is 12.6. The van der Waals surface area contributed by atoms with Crippen molar-refractivity contribution in [3.63, 3.8) is 0 Å². The number of benzene rings is 2. The zero-order valence-corrected chi connectivity index (χ0v) is 31.2. The summed E-state index contributed by atoms with van der Waals surface area (Å²) in [4.78, 5) is 89.8. The van der Waals surface area contributed by atoms with Gasteiger partial charge >= 0.3 is 0 Å². The van der Waals surface area contributed by atoms with Gasteiger partial charge in [-0.1, -0.05) is 24.3 Å². The summed E-state index contributed by atoms with van der Waals surface area (Å²) in [5.41, 5.74) is 6.14. The maximum Gasteiger partial charge on any atom is 0.255 e. The molecule has 284 valence electrons. The van der Waals surface area contributed by atoms with Gasteiger partial charge in [0.2, 0.25) is 17.7 Å². The fraction of sp³-hybridized carbons (Fsp3) is 0.350. The smallest absolute Gasteiger partial charge is 0.255 e. The van der Waals surface area contributed by atoms with Crippen LogP contribution in [0.1, 0.15) is 43.3 Å². The summed E-state index contributed by atoms with van der Waals surface area (Å²) in [5, 5.41) is 3.54. The van der Waals surface area contributed by atoms with Gasteiger partial charge in [0.05, 0.1) is 17.8 Å². The maximum absolute atomic E-state index is 15.3.